The number of hydrogen-bond acceptors (Lipinski definition) is 5. The second-order valence-corrected chi connectivity index (χ2v) is 8.05. The van der Waals surface area contributed by atoms with Gasteiger partial charge in [0.05, 0.1) is 12.7 Å². The van der Waals surface area contributed by atoms with E-state index in [1.165, 1.54) is 4.68 Å². The van der Waals surface area contributed by atoms with Gasteiger partial charge in [-0.3, -0.25) is 14.2 Å². The summed E-state index contributed by atoms with van der Waals surface area (Å²) in [7, 11) is 1.55. The highest BCUT2D eigenvalue weighted by Gasteiger charge is 2.25. The molecule has 0 N–H and O–H groups in total. The minimum atomic E-state index is -0.201. The summed E-state index contributed by atoms with van der Waals surface area (Å²) in [4.78, 5) is 42.0. The monoisotopic (exact) mass is 427 g/mol. The van der Waals surface area contributed by atoms with Crippen LogP contribution in [0.3, 0.4) is 0 Å². The second kappa shape index (κ2) is 9.36. The lowest BCUT2D eigenvalue weighted by molar-refractivity contribution is -0.132. The number of fused-ring (bicyclic) bond motifs is 1. The maximum absolute atomic E-state index is 13.0. The molecule has 0 aliphatic carbocycles. The van der Waals surface area contributed by atoms with Gasteiger partial charge in [0, 0.05) is 39.1 Å². The summed E-state index contributed by atoms with van der Waals surface area (Å²) in [5.41, 5.74) is 0.323. The third kappa shape index (κ3) is 4.50. The maximum atomic E-state index is 13.0. The molecule has 2 aliphatic rings. The highest BCUT2D eigenvalue weighted by Crippen LogP contribution is 2.20. The number of hydrogen-bond donors (Lipinski definition) is 0. The molecule has 166 valence electrons. The fraction of sp³-hybridized carbons (Fsp3) is 0.545. The Bertz CT molecular complexity index is 1010. The minimum absolute atomic E-state index is 0.0563. The van der Waals surface area contributed by atoms with Crippen molar-refractivity contribution in [3.63, 3.8) is 0 Å². The Morgan fingerprint density at radius 3 is 2.58 bits per heavy atom. The van der Waals surface area contributed by atoms with Gasteiger partial charge in [0.1, 0.15) is 18.1 Å². The third-order valence-electron chi connectivity index (χ3n) is 6.04. The number of aromatic nitrogens is 3. The fourth-order valence-electron chi connectivity index (χ4n) is 4.32. The molecule has 9 nitrogen and oxygen atoms in total. The first kappa shape index (κ1) is 21.1. The summed E-state index contributed by atoms with van der Waals surface area (Å²) in [5.74, 6) is 1.09. The van der Waals surface area contributed by atoms with Crippen molar-refractivity contribution in [1.29, 1.82) is 0 Å². The predicted molar refractivity (Wildman–Crippen MR) is 114 cm³/mol. The average Bonchev–Trinajstić information content (AvgIpc) is 3.03. The molecule has 0 radical (unpaired) electrons. The number of aryl methyl sites for hydroxylation is 1. The van der Waals surface area contributed by atoms with Crippen molar-refractivity contribution >= 4 is 11.8 Å². The number of carbonyl (C=O) groups is 2. The van der Waals surface area contributed by atoms with Crippen LogP contribution in [0, 0.1) is 0 Å². The van der Waals surface area contributed by atoms with Crippen molar-refractivity contribution < 1.29 is 14.3 Å². The molecule has 0 bridgehead atoms. The molecular weight excluding hydrogens is 398 g/mol. The van der Waals surface area contributed by atoms with Crippen LogP contribution < -0.4 is 10.4 Å². The maximum Gasteiger partial charge on any atom is 0.346 e. The van der Waals surface area contributed by atoms with Crippen molar-refractivity contribution in [2.75, 3.05) is 33.3 Å². The second-order valence-electron chi connectivity index (χ2n) is 8.05. The molecule has 0 unspecified atom stereocenters. The zero-order valence-electron chi connectivity index (χ0n) is 18.0. The Labute approximate surface area is 181 Å². The SMILES string of the molecule is COc1ccccc1C(=O)N1CCCN(C(=O)Cn2nc3n(c2=O)CCCCC3)CC1. The van der Waals surface area contributed by atoms with E-state index in [9.17, 15) is 14.4 Å². The smallest absolute Gasteiger partial charge is 0.346 e. The summed E-state index contributed by atoms with van der Waals surface area (Å²) in [6, 6.07) is 7.17. The summed E-state index contributed by atoms with van der Waals surface area (Å²) in [6.45, 7) is 2.61. The Balaban J connectivity index is 1.40. The lowest BCUT2D eigenvalue weighted by Crippen LogP contribution is -2.40. The van der Waals surface area contributed by atoms with Crippen molar-refractivity contribution in [2.45, 2.75) is 45.2 Å². The molecule has 1 aromatic heterocycles. The van der Waals surface area contributed by atoms with Crippen LogP contribution in [-0.2, 0) is 24.3 Å². The van der Waals surface area contributed by atoms with Gasteiger partial charge in [0.25, 0.3) is 5.91 Å². The molecule has 0 atom stereocenters. The Kier molecular flexibility index (Phi) is 6.39. The summed E-state index contributed by atoms with van der Waals surface area (Å²) >= 11 is 0. The molecule has 1 fully saturated rings. The van der Waals surface area contributed by atoms with E-state index in [1.807, 2.05) is 12.1 Å². The number of benzene rings is 1. The lowest BCUT2D eigenvalue weighted by Gasteiger charge is -2.22. The van der Waals surface area contributed by atoms with Crippen LogP contribution in [0.1, 0.15) is 41.9 Å². The first-order chi connectivity index (χ1) is 15.1. The van der Waals surface area contributed by atoms with Crippen LogP contribution in [0.5, 0.6) is 5.75 Å². The normalized spacial score (nSPS) is 16.9. The molecule has 2 aliphatic heterocycles. The number of nitrogens with zero attached hydrogens (tertiary/aromatic N) is 5. The van der Waals surface area contributed by atoms with E-state index in [0.29, 0.717) is 50.5 Å². The van der Waals surface area contributed by atoms with Gasteiger partial charge in [0.2, 0.25) is 5.91 Å². The van der Waals surface area contributed by atoms with E-state index in [-0.39, 0.29) is 24.0 Å². The summed E-state index contributed by atoms with van der Waals surface area (Å²) in [5, 5.41) is 4.41. The average molecular weight is 428 g/mol. The van der Waals surface area contributed by atoms with Gasteiger partial charge in [-0.2, -0.15) is 5.10 Å². The van der Waals surface area contributed by atoms with Crippen LogP contribution in [0.25, 0.3) is 0 Å². The quantitative estimate of drug-likeness (QED) is 0.730. The number of ether oxygens (including phenoxy) is 1. The van der Waals surface area contributed by atoms with Gasteiger partial charge >= 0.3 is 5.69 Å². The van der Waals surface area contributed by atoms with E-state index in [1.54, 1.807) is 33.6 Å². The predicted octanol–water partition coefficient (Wildman–Crippen LogP) is 1.15. The lowest BCUT2D eigenvalue weighted by atomic mass is 10.1. The molecule has 2 amide bonds. The Morgan fingerprint density at radius 1 is 0.968 bits per heavy atom. The van der Waals surface area contributed by atoms with E-state index in [4.69, 9.17) is 4.74 Å². The van der Waals surface area contributed by atoms with Crippen molar-refractivity contribution in [1.82, 2.24) is 24.1 Å². The highest BCUT2D eigenvalue weighted by atomic mass is 16.5. The van der Waals surface area contributed by atoms with Gasteiger partial charge in [-0.05, 0) is 31.4 Å². The van der Waals surface area contributed by atoms with Crippen LogP contribution in [0.4, 0.5) is 0 Å². The minimum Gasteiger partial charge on any atom is -0.496 e. The van der Waals surface area contributed by atoms with Crippen LogP contribution >= 0.6 is 0 Å². The van der Waals surface area contributed by atoms with Gasteiger partial charge in [-0.1, -0.05) is 18.6 Å². The molecular formula is C22H29N5O4. The van der Waals surface area contributed by atoms with Crippen molar-refractivity contribution in [3.05, 3.63) is 46.1 Å². The van der Waals surface area contributed by atoms with Gasteiger partial charge in [0.15, 0.2) is 0 Å². The number of carbonyl (C=O) groups excluding carboxylic acids is 2. The van der Waals surface area contributed by atoms with E-state index in [0.717, 1.165) is 31.5 Å². The first-order valence-electron chi connectivity index (χ1n) is 10.9. The van der Waals surface area contributed by atoms with E-state index >= 15 is 0 Å². The van der Waals surface area contributed by atoms with Crippen LogP contribution in [0.15, 0.2) is 29.1 Å². The first-order valence-corrected chi connectivity index (χ1v) is 10.9. The van der Waals surface area contributed by atoms with Gasteiger partial charge in [-0.15, -0.1) is 0 Å². The molecule has 3 heterocycles. The van der Waals surface area contributed by atoms with Crippen LogP contribution in [-0.4, -0.2) is 69.3 Å². The van der Waals surface area contributed by atoms with Crippen molar-refractivity contribution in [3.8, 4) is 5.75 Å². The molecule has 2 aromatic rings. The topological polar surface area (TPSA) is 89.7 Å². The molecule has 1 saturated heterocycles. The summed E-state index contributed by atoms with van der Waals surface area (Å²) in [6.07, 6.45) is 4.54. The standard InChI is InChI=1S/C22H29N5O4/c1-31-18-9-5-4-8-17(18)21(29)25-12-7-11-24(14-15-25)20(28)16-27-22(30)26-13-6-2-3-10-19(26)23-27/h4-5,8-9H,2-3,6-7,10-16H2,1H3. The number of amides is 2. The molecule has 9 heteroatoms. The zero-order chi connectivity index (χ0) is 21.8. The molecule has 31 heavy (non-hydrogen) atoms. The zero-order valence-corrected chi connectivity index (χ0v) is 18.0. The largest absolute Gasteiger partial charge is 0.496 e. The van der Waals surface area contributed by atoms with Crippen LogP contribution in [0.2, 0.25) is 0 Å². The van der Waals surface area contributed by atoms with E-state index in [2.05, 4.69) is 5.10 Å². The highest BCUT2D eigenvalue weighted by molar-refractivity contribution is 5.97. The van der Waals surface area contributed by atoms with Gasteiger partial charge in [-0.25, -0.2) is 9.48 Å². The fourth-order valence-corrected chi connectivity index (χ4v) is 4.32. The third-order valence-corrected chi connectivity index (χ3v) is 6.04. The molecule has 0 saturated carbocycles. The number of rotatable bonds is 4. The van der Waals surface area contributed by atoms with Gasteiger partial charge < -0.3 is 14.5 Å². The number of para-hydroxylation sites is 1. The molecule has 0 spiro atoms. The number of methoxy groups -OCH3 is 1. The Hall–Kier alpha value is -3.10. The summed E-state index contributed by atoms with van der Waals surface area (Å²) < 4.78 is 8.32. The van der Waals surface area contributed by atoms with E-state index < -0.39 is 0 Å². The molecule has 4 rings (SSSR count). The Morgan fingerprint density at radius 2 is 1.74 bits per heavy atom. The molecule has 1 aromatic carbocycles. The van der Waals surface area contributed by atoms with Crippen molar-refractivity contribution in [2.24, 2.45) is 0 Å².